The molecule has 1 rings (SSSR count). The summed E-state index contributed by atoms with van der Waals surface area (Å²) >= 11 is 0. The van der Waals surface area contributed by atoms with Gasteiger partial charge in [0.2, 0.25) is 0 Å². The third kappa shape index (κ3) is 3.12. The normalized spacial score (nSPS) is 18.3. The molecule has 0 aromatic carbocycles. The topological polar surface area (TPSA) is 34.1 Å². The highest BCUT2D eigenvalue weighted by molar-refractivity contribution is 6.22. The molecule has 2 nitrogen and oxygen atoms in total. The van der Waals surface area contributed by atoms with Crippen molar-refractivity contribution < 1.29 is 9.59 Å². The quantitative estimate of drug-likeness (QED) is 0.567. The smallest absolute Gasteiger partial charge is 0.186 e. The van der Waals surface area contributed by atoms with Crippen molar-refractivity contribution in [3.63, 3.8) is 0 Å². The Morgan fingerprint density at radius 2 is 1.68 bits per heavy atom. The maximum Gasteiger partial charge on any atom is 0.186 e. The van der Waals surface area contributed by atoms with Gasteiger partial charge in [-0.1, -0.05) is 39.3 Å². The number of hydrogen-bond acceptors (Lipinski definition) is 2. The van der Waals surface area contributed by atoms with Crippen LogP contribution in [0.25, 0.3) is 0 Å². The second-order valence-electron chi connectivity index (χ2n) is 6.27. The summed E-state index contributed by atoms with van der Waals surface area (Å²) in [4.78, 5) is 24.3. The Hall–Kier alpha value is -1.44. The van der Waals surface area contributed by atoms with Gasteiger partial charge in [0.05, 0.1) is 0 Å². The summed E-state index contributed by atoms with van der Waals surface area (Å²) in [5.74, 6) is 0.387. The van der Waals surface area contributed by atoms with Gasteiger partial charge in [0.25, 0.3) is 0 Å². The van der Waals surface area contributed by atoms with Crippen molar-refractivity contribution in [1.82, 2.24) is 0 Å². The fourth-order valence-corrected chi connectivity index (χ4v) is 2.15. The van der Waals surface area contributed by atoms with E-state index in [0.29, 0.717) is 22.6 Å². The Morgan fingerprint density at radius 3 is 2.16 bits per heavy atom. The SMILES string of the molecule is CC1=C(C)C(=O)C(C(C)(C)/C=C(\C)C(C)C)=CC1=O. The van der Waals surface area contributed by atoms with Crippen molar-refractivity contribution >= 4 is 11.6 Å². The second-order valence-corrected chi connectivity index (χ2v) is 6.27. The highest BCUT2D eigenvalue weighted by Crippen LogP contribution is 2.35. The molecule has 1 aliphatic carbocycles. The standard InChI is InChI=1S/C17H24O2/c1-10(2)11(3)9-17(6,7)14-8-15(18)12(4)13(5)16(14)19/h8-10H,1-7H3/b11-9+. The van der Waals surface area contributed by atoms with Crippen molar-refractivity contribution in [1.29, 1.82) is 0 Å². The van der Waals surface area contributed by atoms with Crippen LogP contribution in [0.5, 0.6) is 0 Å². The third-order valence-corrected chi connectivity index (χ3v) is 3.99. The van der Waals surface area contributed by atoms with Crippen LogP contribution in [0, 0.1) is 11.3 Å². The third-order valence-electron chi connectivity index (χ3n) is 3.99. The predicted octanol–water partition coefficient (Wildman–Crippen LogP) is 4.03. The minimum Gasteiger partial charge on any atom is -0.290 e. The first-order valence-electron chi connectivity index (χ1n) is 6.76. The van der Waals surface area contributed by atoms with E-state index in [1.807, 2.05) is 13.8 Å². The van der Waals surface area contributed by atoms with Gasteiger partial charge in [-0.15, -0.1) is 0 Å². The molecule has 1 aliphatic rings. The van der Waals surface area contributed by atoms with E-state index in [4.69, 9.17) is 0 Å². The van der Waals surface area contributed by atoms with Crippen molar-refractivity contribution in [2.45, 2.75) is 48.5 Å². The van der Waals surface area contributed by atoms with E-state index in [0.717, 1.165) is 0 Å². The first kappa shape index (κ1) is 15.6. The van der Waals surface area contributed by atoms with Crippen molar-refractivity contribution in [3.05, 3.63) is 34.4 Å². The maximum atomic E-state index is 12.4. The molecule has 0 saturated heterocycles. The van der Waals surface area contributed by atoms with Gasteiger partial charge in [0.15, 0.2) is 11.6 Å². The van der Waals surface area contributed by atoms with Crippen LogP contribution in [0.1, 0.15) is 48.5 Å². The summed E-state index contributed by atoms with van der Waals surface area (Å²) in [7, 11) is 0. The molecule has 0 heterocycles. The first-order valence-corrected chi connectivity index (χ1v) is 6.76. The molecular formula is C17H24O2. The highest BCUT2D eigenvalue weighted by atomic mass is 16.1. The van der Waals surface area contributed by atoms with Crippen LogP contribution in [0.3, 0.4) is 0 Å². The number of hydrogen-bond donors (Lipinski definition) is 0. The lowest BCUT2D eigenvalue weighted by Gasteiger charge is -2.28. The zero-order valence-corrected chi connectivity index (χ0v) is 13.0. The zero-order valence-electron chi connectivity index (χ0n) is 13.0. The molecular weight excluding hydrogens is 236 g/mol. The van der Waals surface area contributed by atoms with Gasteiger partial charge >= 0.3 is 0 Å². The number of rotatable bonds is 3. The molecule has 0 radical (unpaired) electrons. The largest absolute Gasteiger partial charge is 0.290 e. The summed E-state index contributed by atoms with van der Waals surface area (Å²) in [6, 6.07) is 0. The summed E-state index contributed by atoms with van der Waals surface area (Å²) in [6.07, 6.45) is 3.61. The fourth-order valence-electron chi connectivity index (χ4n) is 2.15. The lowest BCUT2D eigenvalue weighted by Crippen LogP contribution is -2.26. The Labute approximate surface area is 116 Å². The number of allylic oxidation sites excluding steroid dienone is 6. The van der Waals surface area contributed by atoms with E-state index in [9.17, 15) is 9.59 Å². The molecule has 0 fully saturated rings. The molecule has 0 spiro atoms. The Morgan fingerprint density at radius 1 is 1.16 bits per heavy atom. The van der Waals surface area contributed by atoms with Gasteiger partial charge in [-0.05, 0) is 32.8 Å². The van der Waals surface area contributed by atoms with E-state index in [2.05, 4.69) is 26.8 Å². The fraction of sp³-hybridized carbons (Fsp3) is 0.529. The average molecular weight is 260 g/mol. The van der Waals surface area contributed by atoms with E-state index in [1.54, 1.807) is 13.8 Å². The summed E-state index contributed by atoms with van der Waals surface area (Å²) < 4.78 is 0. The van der Waals surface area contributed by atoms with Gasteiger partial charge < -0.3 is 0 Å². The second kappa shape index (κ2) is 5.28. The minimum absolute atomic E-state index is 0.00472. The number of ketones is 2. The molecule has 2 heteroatoms. The average Bonchev–Trinajstić information content (AvgIpc) is 2.30. The van der Waals surface area contributed by atoms with Crippen LogP contribution in [0.4, 0.5) is 0 Å². The van der Waals surface area contributed by atoms with Crippen molar-refractivity contribution in [3.8, 4) is 0 Å². The summed E-state index contributed by atoms with van der Waals surface area (Å²) in [5, 5.41) is 0. The first-order chi connectivity index (χ1) is 8.58. The highest BCUT2D eigenvalue weighted by Gasteiger charge is 2.32. The maximum absolute atomic E-state index is 12.4. The zero-order chi connectivity index (χ0) is 15.0. The molecule has 0 unspecified atom stereocenters. The Bertz CT molecular complexity index is 511. The van der Waals surface area contributed by atoms with Gasteiger partial charge in [0.1, 0.15) is 0 Å². The summed E-state index contributed by atoms with van der Waals surface area (Å²) in [6.45, 7) is 13.7. The number of Topliss-reactive ketones (excluding diaryl/α,β-unsaturated/α-hetero) is 1. The van der Waals surface area contributed by atoms with Gasteiger partial charge in [0, 0.05) is 22.1 Å². The molecule has 0 atom stereocenters. The monoisotopic (exact) mass is 260 g/mol. The number of carbonyl (C=O) groups is 2. The minimum atomic E-state index is -0.414. The molecule has 0 aromatic rings. The predicted molar refractivity (Wildman–Crippen MR) is 78.8 cm³/mol. The van der Waals surface area contributed by atoms with Crippen LogP contribution in [-0.4, -0.2) is 11.6 Å². The van der Waals surface area contributed by atoms with Gasteiger partial charge in [-0.3, -0.25) is 9.59 Å². The molecule has 0 aliphatic heterocycles. The molecule has 0 saturated carbocycles. The molecule has 0 aromatic heterocycles. The van der Waals surface area contributed by atoms with Gasteiger partial charge in [-0.25, -0.2) is 0 Å². The van der Waals surface area contributed by atoms with Gasteiger partial charge in [-0.2, -0.15) is 0 Å². The summed E-state index contributed by atoms with van der Waals surface area (Å²) in [5.41, 5.74) is 2.55. The van der Waals surface area contributed by atoms with Crippen LogP contribution in [0.15, 0.2) is 34.4 Å². The van der Waals surface area contributed by atoms with Crippen LogP contribution < -0.4 is 0 Å². The van der Waals surface area contributed by atoms with Crippen LogP contribution >= 0.6 is 0 Å². The Kier molecular flexibility index (Phi) is 4.34. The lowest BCUT2D eigenvalue weighted by atomic mass is 9.74. The molecule has 104 valence electrons. The molecule has 0 N–H and O–H groups in total. The van der Waals surface area contributed by atoms with E-state index < -0.39 is 5.41 Å². The van der Waals surface area contributed by atoms with Crippen LogP contribution in [0.2, 0.25) is 0 Å². The van der Waals surface area contributed by atoms with Crippen molar-refractivity contribution in [2.24, 2.45) is 11.3 Å². The van der Waals surface area contributed by atoms with E-state index in [-0.39, 0.29) is 11.6 Å². The van der Waals surface area contributed by atoms with Crippen molar-refractivity contribution in [2.75, 3.05) is 0 Å². The molecule has 19 heavy (non-hydrogen) atoms. The molecule has 0 amide bonds. The number of carbonyl (C=O) groups excluding carboxylic acids is 2. The van der Waals surface area contributed by atoms with E-state index in [1.165, 1.54) is 11.6 Å². The lowest BCUT2D eigenvalue weighted by molar-refractivity contribution is -0.116. The molecule has 0 bridgehead atoms. The van der Waals surface area contributed by atoms with E-state index >= 15 is 0 Å². The Balaban J connectivity index is 3.24. The van der Waals surface area contributed by atoms with Crippen LogP contribution in [-0.2, 0) is 9.59 Å².